The van der Waals surface area contributed by atoms with Crippen LogP contribution in [0.1, 0.15) is 27.2 Å². The Morgan fingerprint density at radius 1 is 1.30 bits per heavy atom. The molecule has 0 fully saturated rings. The van der Waals surface area contributed by atoms with Crippen LogP contribution in [0.5, 0.6) is 0 Å². The Kier molecular flexibility index (Phi) is 8.30. The van der Waals surface area contributed by atoms with Crippen LogP contribution in [0.15, 0.2) is 0 Å². The minimum atomic E-state index is -1.52. The number of aliphatic hydroxyl groups excluding tert-OH is 1. The number of carboxylic acid groups (broad SMARTS) is 1. The molecule has 0 saturated heterocycles. The van der Waals surface area contributed by atoms with Gasteiger partial charge in [0.15, 0.2) is 6.10 Å². The molecule has 0 heterocycles. The number of carbonyl (C=O) groups is 3. The predicted octanol–water partition coefficient (Wildman–Crippen LogP) is -0.195. The molecule has 0 radical (unpaired) electrons. The maximum atomic E-state index is 11.9. The molecule has 8 heteroatoms. The largest absolute Gasteiger partial charge is 0.479 e. The highest BCUT2D eigenvalue weighted by Gasteiger charge is 2.21. The van der Waals surface area contributed by atoms with Crippen molar-refractivity contribution in [1.82, 2.24) is 10.2 Å². The van der Waals surface area contributed by atoms with Crippen molar-refractivity contribution in [3.05, 3.63) is 0 Å². The first-order valence-corrected chi connectivity index (χ1v) is 6.40. The van der Waals surface area contributed by atoms with E-state index in [2.05, 4.69) is 5.32 Å². The Balaban J connectivity index is 4.30. The molecule has 0 bridgehead atoms. The van der Waals surface area contributed by atoms with Crippen molar-refractivity contribution in [3.8, 4) is 0 Å². The zero-order chi connectivity index (χ0) is 15.7. The molecule has 0 aromatic heterocycles. The topological polar surface area (TPSA) is 116 Å². The number of aliphatic hydroxyl groups is 1. The third-order valence-electron chi connectivity index (χ3n) is 2.47. The van der Waals surface area contributed by atoms with Gasteiger partial charge in [-0.25, -0.2) is 9.59 Å². The minimum Gasteiger partial charge on any atom is -0.479 e. The van der Waals surface area contributed by atoms with E-state index in [0.717, 1.165) is 0 Å². The predicted molar refractivity (Wildman–Crippen MR) is 70.1 cm³/mol. The first kappa shape index (κ1) is 18.2. The van der Waals surface area contributed by atoms with Crippen molar-refractivity contribution in [3.63, 3.8) is 0 Å². The van der Waals surface area contributed by atoms with E-state index >= 15 is 0 Å². The lowest BCUT2D eigenvalue weighted by atomic mass is 10.2. The van der Waals surface area contributed by atoms with Crippen molar-refractivity contribution in [2.75, 3.05) is 19.7 Å². The Bertz CT molecular complexity index is 345. The van der Waals surface area contributed by atoms with Gasteiger partial charge in [0.05, 0.1) is 6.61 Å². The highest BCUT2D eigenvalue weighted by Crippen LogP contribution is 2.00. The van der Waals surface area contributed by atoms with E-state index in [1.165, 1.54) is 4.90 Å². The molecular weight excluding hydrogens is 268 g/mol. The number of nitrogens with one attached hydrogen (secondary N) is 1. The normalized spacial score (nSPS) is 11.8. The summed E-state index contributed by atoms with van der Waals surface area (Å²) < 4.78 is 4.77. The van der Waals surface area contributed by atoms with E-state index in [1.54, 1.807) is 20.8 Å². The number of hydrogen-bond donors (Lipinski definition) is 3. The molecule has 1 unspecified atom stereocenters. The number of aliphatic carboxylic acids is 1. The molecule has 3 N–H and O–H groups in total. The molecular formula is C12H22N2O6. The average molecular weight is 290 g/mol. The molecule has 0 aliphatic heterocycles. The van der Waals surface area contributed by atoms with Gasteiger partial charge >= 0.3 is 18.0 Å². The summed E-state index contributed by atoms with van der Waals surface area (Å²) in [4.78, 5) is 34.9. The average Bonchev–Trinajstić information content (AvgIpc) is 2.35. The second-order valence-electron chi connectivity index (χ2n) is 4.40. The number of urea groups is 1. The van der Waals surface area contributed by atoms with Gasteiger partial charge in [-0.3, -0.25) is 4.79 Å². The molecule has 0 spiro atoms. The summed E-state index contributed by atoms with van der Waals surface area (Å²) in [5, 5.41) is 20.0. The van der Waals surface area contributed by atoms with Crippen molar-refractivity contribution < 1.29 is 29.3 Å². The third kappa shape index (κ3) is 6.93. The lowest BCUT2D eigenvalue weighted by Gasteiger charge is -2.26. The Labute approximate surface area is 117 Å². The fourth-order valence-corrected chi connectivity index (χ4v) is 1.38. The molecule has 2 amide bonds. The highest BCUT2D eigenvalue weighted by atomic mass is 16.5. The second kappa shape index (κ2) is 9.13. The Hall–Kier alpha value is -1.83. The van der Waals surface area contributed by atoms with Gasteiger partial charge in [0.25, 0.3) is 0 Å². The van der Waals surface area contributed by atoms with Crippen LogP contribution in [0.3, 0.4) is 0 Å². The van der Waals surface area contributed by atoms with Gasteiger partial charge in [-0.05, 0) is 20.8 Å². The van der Waals surface area contributed by atoms with Crippen LogP contribution in [0.25, 0.3) is 0 Å². The van der Waals surface area contributed by atoms with E-state index < -0.39 is 24.1 Å². The maximum Gasteiger partial charge on any atom is 0.332 e. The highest BCUT2D eigenvalue weighted by molar-refractivity contribution is 5.81. The van der Waals surface area contributed by atoms with E-state index in [-0.39, 0.29) is 32.2 Å². The summed E-state index contributed by atoms with van der Waals surface area (Å²) in [6.07, 6.45) is -1.63. The van der Waals surface area contributed by atoms with Crippen LogP contribution in [-0.4, -0.2) is 64.9 Å². The summed E-state index contributed by atoms with van der Waals surface area (Å²) in [6.45, 7) is 5.20. The second-order valence-corrected chi connectivity index (χ2v) is 4.40. The quantitative estimate of drug-likeness (QED) is 0.533. The Morgan fingerprint density at radius 2 is 1.90 bits per heavy atom. The molecule has 0 aliphatic carbocycles. The third-order valence-corrected chi connectivity index (χ3v) is 2.47. The summed E-state index contributed by atoms with van der Waals surface area (Å²) in [7, 11) is 0. The number of nitrogens with zero attached hydrogens (tertiary/aromatic N) is 1. The molecule has 116 valence electrons. The Morgan fingerprint density at radius 3 is 2.35 bits per heavy atom. The summed E-state index contributed by atoms with van der Waals surface area (Å²) >= 11 is 0. The lowest BCUT2D eigenvalue weighted by molar-refractivity contribution is -0.146. The first-order valence-electron chi connectivity index (χ1n) is 6.40. The SMILES string of the molecule is CCOC(=O)CN(C(=O)NCCC(O)C(=O)O)C(C)C. The number of carboxylic acids is 1. The summed E-state index contributed by atoms with van der Waals surface area (Å²) in [5.41, 5.74) is 0. The number of amides is 2. The minimum absolute atomic E-state index is 0.00164. The van der Waals surface area contributed by atoms with E-state index in [4.69, 9.17) is 14.9 Å². The standard InChI is InChI=1S/C12H22N2O6/c1-4-20-10(16)7-14(8(2)3)12(19)13-6-5-9(15)11(17)18/h8-9,15H,4-7H2,1-3H3,(H,13,19)(H,17,18). The van der Waals surface area contributed by atoms with Gasteiger partial charge in [-0.2, -0.15) is 0 Å². The number of hydrogen-bond acceptors (Lipinski definition) is 5. The zero-order valence-electron chi connectivity index (χ0n) is 12.0. The van der Waals surface area contributed by atoms with Gasteiger partial charge in [0.2, 0.25) is 0 Å². The number of carbonyl (C=O) groups excluding carboxylic acids is 2. The monoisotopic (exact) mass is 290 g/mol. The van der Waals surface area contributed by atoms with Crippen molar-refractivity contribution in [2.45, 2.75) is 39.3 Å². The molecule has 1 atom stereocenters. The van der Waals surface area contributed by atoms with Crippen LogP contribution < -0.4 is 5.32 Å². The van der Waals surface area contributed by atoms with Crippen LogP contribution in [0.4, 0.5) is 4.79 Å². The van der Waals surface area contributed by atoms with E-state index in [0.29, 0.717) is 0 Å². The molecule has 8 nitrogen and oxygen atoms in total. The zero-order valence-corrected chi connectivity index (χ0v) is 12.0. The molecule has 0 aliphatic rings. The summed E-state index contributed by atoms with van der Waals surface area (Å²) in [5.74, 6) is -1.85. The lowest BCUT2D eigenvalue weighted by Crippen LogP contribution is -2.47. The fourth-order valence-electron chi connectivity index (χ4n) is 1.38. The number of esters is 1. The van der Waals surface area contributed by atoms with Crippen molar-refractivity contribution >= 4 is 18.0 Å². The van der Waals surface area contributed by atoms with Crippen molar-refractivity contribution in [2.24, 2.45) is 0 Å². The van der Waals surface area contributed by atoms with E-state index in [9.17, 15) is 14.4 Å². The number of rotatable bonds is 8. The van der Waals surface area contributed by atoms with Crippen LogP contribution in [0, 0.1) is 0 Å². The van der Waals surface area contributed by atoms with E-state index in [1.807, 2.05) is 0 Å². The number of ether oxygens (including phenoxy) is 1. The molecule has 0 saturated carbocycles. The smallest absolute Gasteiger partial charge is 0.332 e. The van der Waals surface area contributed by atoms with Gasteiger partial charge in [-0.15, -0.1) is 0 Å². The van der Waals surface area contributed by atoms with Crippen LogP contribution in [-0.2, 0) is 14.3 Å². The molecule has 0 rings (SSSR count). The first-order chi connectivity index (χ1) is 9.29. The van der Waals surface area contributed by atoms with Gasteiger partial charge < -0.3 is 25.2 Å². The van der Waals surface area contributed by atoms with Gasteiger partial charge in [0, 0.05) is 19.0 Å². The van der Waals surface area contributed by atoms with Gasteiger partial charge in [-0.1, -0.05) is 0 Å². The van der Waals surface area contributed by atoms with Crippen molar-refractivity contribution in [1.29, 1.82) is 0 Å². The molecule has 0 aromatic carbocycles. The van der Waals surface area contributed by atoms with Gasteiger partial charge in [0.1, 0.15) is 6.54 Å². The maximum absolute atomic E-state index is 11.9. The van der Waals surface area contributed by atoms with Crippen LogP contribution in [0.2, 0.25) is 0 Å². The molecule has 0 aromatic rings. The fraction of sp³-hybridized carbons (Fsp3) is 0.750. The van der Waals surface area contributed by atoms with Crippen LogP contribution >= 0.6 is 0 Å². The molecule has 20 heavy (non-hydrogen) atoms. The summed E-state index contributed by atoms with van der Waals surface area (Å²) in [6, 6.07) is -0.727.